The fourth-order valence-corrected chi connectivity index (χ4v) is 3.26. The predicted molar refractivity (Wildman–Crippen MR) is 85.5 cm³/mol. The van der Waals surface area contributed by atoms with E-state index in [0.29, 0.717) is 0 Å². The van der Waals surface area contributed by atoms with E-state index >= 15 is 0 Å². The molecule has 1 heterocycles. The van der Waals surface area contributed by atoms with Crippen molar-refractivity contribution < 1.29 is 4.79 Å². The van der Waals surface area contributed by atoms with Crippen molar-refractivity contribution in [1.82, 2.24) is 0 Å². The molecule has 96 valence electrons. The van der Waals surface area contributed by atoms with E-state index in [-0.39, 0.29) is 11.8 Å². The molecule has 0 fully saturated rings. The number of hydrogen-bond acceptors (Lipinski definition) is 1. The molecule has 1 aliphatic heterocycles. The zero-order valence-electron chi connectivity index (χ0n) is 10.8. The molecule has 0 saturated heterocycles. The fourth-order valence-electron chi connectivity index (χ4n) is 2.74. The quantitative estimate of drug-likeness (QED) is 0.763. The van der Waals surface area contributed by atoms with Crippen LogP contribution in [0.25, 0.3) is 0 Å². The molecule has 1 N–H and O–H groups in total. The molecule has 0 aromatic heterocycles. The van der Waals surface area contributed by atoms with Gasteiger partial charge in [0.1, 0.15) is 0 Å². The molecule has 1 aliphatic rings. The van der Waals surface area contributed by atoms with Crippen molar-refractivity contribution >= 4 is 34.2 Å². The number of nitrogens with one attached hydrogen (secondary N) is 1. The van der Waals surface area contributed by atoms with Crippen molar-refractivity contribution in [3.8, 4) is 0 Å². The number of anilines is 1. The standard InChI is InChI=1S/C16H14INO/c1-9-5-10(2)7-11(6-9)15-13-8-12(17)3-4-14(13)18-16(15)19/h3-8,15H,1-2H3,(H,18,19). The van der Waals surface area contributed by atoms with Gasteiger partial charge >= 0.3 is 0 Å². The summed E-state index contributed by atoms with van der Waals surface area (Å²) < 4.78 is 1.15. The average Bonchev–Trinajstić information content (AvgIpc) is 2.63. The van der Waals surface area contributed by atoms with Crippen LogP contribution in [0.2, 0.25) is 0 Å². The molecule has 1 atom stereocenters. The zero-order valence-corrected chi connectivity index (χ0v) is 13.0. The van der Waals surface area contributed by atoms with Crippen molar-refractivity contribution in [1.29, 1.82) is 0 Å². The Hall–Kier alpha value is -1.36. The van der Waals surface area contributed by atoms with E-state index < -0.39 is 0 Å². The number of carbonyl (C=O) groups excluding carboxylic acids is 1. The van der Waals surface area contributed by atoms with Crippen molar-refractivity contribution in [2.45, 2.75) is 19.8 Å². The molecule has 0 saturated carbocycles. The van der Waals surface area contributed by atoms with Crippen molar-refractivity contribution in [2.24, 2.45) is 0 Å². The van der Waals surface area contributed by atoms with Crippen LogP contribution in [0, 0.1) is 17.4 Å². The topological polar surface area (TPSA) is 29.1 Å². The maximum atomic E-state index is 12.3. The molecular formula is C16H14INO. The lowest BCUT2D eigenvalue weighted by molar-refractivity contribution is -0.116. The van der Waals surface area contributed by atoms with E-state index in [2.05, 4.69) is 66.0 Å². The Morgan fingerprint density at radius 2 is 1.74 bits per heavy atom. The summed E-state index contributed by atoms with van der Waals surface area (Å²) in [5.41, 5.74) is 5.50. The van der Waals surface area contributed by atoms with Crippen LogP contribution in [0.5, 0.6) is 0 Å². The minimum atomic E-state index is -0.177. The van der Waals surface area contributed by atoms with Gasteiger partial charge in [-0.2, -0.15) is 0 Å². The summed E-state index contributed by atoms with van der Waals surface area (Å²) in [5, 5.41) is 2.97. The highest BCUT2D eigenvalue weighted by Gasteiger charge is 2.32. The summed E-state index contributed by atoms with van der Waals surface area (Å²) in [6.45, 7) is 4.14. The second kappa shape index (κ2) is 4.63. The molecule has 2 aromatic rings. The molecule has 19 heavy (non-hydrogen) atoms. The summed E-state index contributed by atoms with van der Waals surface area (Å²) in [5.74, 6) is -0.106. The van der Waals surface area contributed by atoms with Gasteiger partial charge in [-0.15, -0.1) is 0 Å². The van der Waals surface area contributed by atoms with Crippen LogP contribution in [0.1, 0.15) is 28.2 Å². The summed E-state index contributed by atoms with van der Waals surface area (Å²) in [6.07, 6.45) is 0. The van der Waals surface area contributed by atoms with Gasteiger partial charge in [0.2, 0.25) is 5.91 Å². The molecule has 3 heteroatoms. The molecular weight excluding hydrogens is 349 g/mol. The Labute approximate surface area is 126 Å². The maximum absolute atomic E-state index is 12.3. The minimum Gasteiger partial charge on any atom is -0.325 e. The number of amides is 1. The summed E-state index contributed by atoms with van der Waals surface area (Å²) in [7, 11) is 0. The Bertz CT molecular complexity index is 658. The lowest BCUT2D eigenvalue weighted by atomic mass is 9.90. The van der Waals surface area contributed by atoms with Gasteiger partial charge in [0.25, 0.3) is 0 Å². The third-order valence-corrected chi connectivity index (χ3v) is 4.09. The Kier molecular flexibility index (Phi) is 3.09. The van der Waals surface area contributed by atoms with Crippen LogP contribution in [-0.4, -0.2) is 5.91 Å². The molecule has 2 aromatic carbocycles. The summed E-state index contributed by atoms with van der Waals surface area (Å²) >= 11 is 2.28. The van der Waals surface area contributed by atoms with Gasteiger partial charge in [-0.05, 0) is 65.8 Å². The molecule has 1 unspecified atom stereocenters. The number of benzene rings is 2. The second-order valence-corrected chi connectivity index (χ2v) is 6.32. The Balaban J connectivity index is 2.16. The third-order valence-electron chi connectivity index (χ3n) is 3.42. The molecule has 3 rings (SSSR count). The average molecular weight is 363 g/mol. The van der Waals surface area contributed by atoms with Gasteiger partial charge in [0.05, 0.1) is 5.92 Å². The summed E-state index contributed by atoms with van der Waals surface area (Å²) in [6, 6.07) is 12.4. The molecule has 0 spiro atoms. The minimum absolute atomic E-state index is 0.0713. The van der Waals surface area contributed by atoms with E-state index in [4.69, 9.17) is 0 Å². The van der Waals surface area contributed by atoms with E-state index in [1.807, 2.05) is 12.1 Å². The SMILES string of the molecule is Cc1cc(C)cc(C2C(=O)Nc3ccc(I)cc32)c1. The smallest absolute Gasteiger partial charge is 0.236 e. The van der Waals surface area contributed by atoms with Crippen LogP contribution in [0.4, 0.5) is 5.69 Å². The van der Waals surface area contributed by atoms with Crippen molar-refractivity contribution in [2.75, 3.05) is 5.32 Å². The monoisotopic (exact) mass is 363 g/mol. The van der Waals surface area contributed by atoms with E-state index in [9.17, 15) is 4.79 Å². The van der Waals surface area contributed by atoms with E-state index in [1.54, 1.807) is 0 Å². The Morgan fingerprint density at radius 3 is 2.42 bits per heavy atom. The molecule has 1 amide bonds. The summed E-state index contributed by atoms with van der Waals surface area (Å²) in [4.78, 5) is 12.3. The van der Waals surface area contributed by atoms with Crippen LogP contribution in [0.3, 0.4) is 0 Å². The third kappa shape index (κ3) is 2.27. The maximum Gasteiger partial charge on any atom is 0.236 e. The van der Waals surface area contributed by atoms with E-state index in [1.165, 1.54) is 11.1 Å². The lowest BCUT2D eigenvalue weighted by Crippen LogP contribution is -2.13. The van der Waals surface area contributed by atoms with Crippen LogP contribution < -0.4 is 5.32 Å². The first-order valence-corrected chi connectivity index (χ1v) is 7.31. The highest BCUT2D eigenvalue weighted by Crippen LogP contribution is 2.38. The van der Waals surface area contributed by atoms with Gasteiger partial charge in [-0.1, -0.05) is 29.3 Å². The number of aryl methyl sites for hydroxylation is 2. The first-order chi connectivity index (χ1) is 9.04. The predicted octanol–water partition coefficient (Wildman–Crippen LogP) is 3.99. The largest absolute Gasteiger partial charge is 0.325 e. The van der Waals surface area contributed by atoms with Crippen LogP contribution in [-0.2, 0) is 4.79 Å². The van der Waals surface area contributed by atoms with Crippen molar-refractivity contribution in [3.05, 3.63) is 62.2 Å². The van der Waals surface area contributed by atoms with Crippen molar-refractivity contribution in [3.63, 3.8) is 0 Å². The lowest BCUT2D eigenvalue weighted by Gasteiger charge is -2.11. The second-order valence-electron chi connectivity index (χ2n) is 5.07. The number of halogens is 1. The van der Waals surface area contributed by atoms with Gasteiger partial charge in [-0.3, -0.25) is 4.79 Å². The highest BCUT2D eigenvalue weighted by molar-refractivity contribution is 14.1. The number of carbonyl (C=O) groups is 1. The van der Waals surface area contributed by atoms with E-state index in [0.717, 1.165) is 20.4 Å². The van der Waals surface area contributed by atoms with Gasteiger partial charge in [0, 0.05) is 9.26 Å². The number of fused-ring (bicyclic) bond motifs is 1. The molecule has 0 bridgehead atoms. The highest BCUT2D eigenvalue weighted by atomic mass is 127. The normalized spacial score (nSPS) is 17.2. The van der Waals surface area contributed by atoms with Crippen LogP contribution >= 0.6 is 22.6 Å². The molecule has 2 nitrogen and oxygen atoms in total. The van der Waals surface area contributed by atoms with Gasteiger partial charge < -0.3 is 5.32 Å². The molecule has 0 aliphatic carbocycles. The van der Waals surface area contributed by atoms with Gasteiger partial charge in [0.15, 0.2) is 0 Å². The van der Waals surface area contributed by atoms with Crippen LogP contribution in [0.15, 0.2) is 36.4 Å². The molecule has 0 radical (unpaired) electrons. The Morgan fingerprint density at radius 1 is 1.05 bits per heavy atom. The number of rotatable bonds is 1. The first-order valence-electron chi connectivity index (χ1n) is 6.23. The fraction of sp³-hybridized carbons (Fsp3) is 0.188. The zero-order chi connectivity index (χ0) is 13.6. The first kappa shape index (κ1) is 12.7. The van der Waals surface area contributed by atoms with Gasteiger partial charge in [-0.25, -0.2) is 0 Å². The number of hydrogen-bond donors (Lipinski definition) is 1.